The molecule has 31 heavy (non-hydrogen) atoms. The zero-order chi connectivity index (χ0) is 22.2. The highest BCUT2D eigenvalue weighted by atomic mass is 35.5. The fourth-order valence-electron chi connectivity index (χ4n) is 2.94. The molecule has 0 saturated carbocycles. The van der Waals surface area contributed by atoms with Crippen molar-refractivity contribution in [2.24, 2.45) is 0 Å². The molecule has 1 amide bonds. The van der Waals surface area contributed by atoms with E-state index in [1.165, 1.54) is 11.8 Å². The third kappa shape index (κ3) is 6.60. The minimum atomic E-state index is -0.303. The van der Waals surface area contributed by atoms with E-state index in [2.05, 4.69) is 22.1 Å². The number of thioether (sulfide) groups is 1. The van der Waals surface area contributed by atoms with Crippen LogP contribution in [-0.2, 0) is 17.9 Å². The first-order chi connectivity index (χ1) is 15.0. The number of aromatic nitrogens is 3. The van der Waals surface area contributed by atoms with Crippen molar-refractivity contribution >= 4 is 29.3 Å². The molecule has 3 rings (SSSR count). The summed E-state index contributed by atoms with van der Waals surface area (Å²) in [5.41, 5.74) is 2.11. The van der Waals surface area contributed by atoms with Gasteiger partial charge in [-0.25, -0.2) is 0 Å². The number of ether oxygens (including phenoxy) is 1. The SMILES string of the molecule is C=CCn1c(SCC(=O)NCc2ccc(Cl)cc2)nnc1C(C)Oc1cccc(C)c1. The predicted octanol–water partition coefficient (Wildman–Crippen LogP) is 4.97. The van der Waals surface area contributed by atoms with Gasteiger partial charge in [-0.15, -0.1) is 16.8 Å². The van der Waals surface area contributed by atoms with Gasteiger partial charge in [0.1, 0.15) is 5.75 Å². The first kappa shape index (κ1) is 22.9. The first-order valence-electron chi connectivity index (χ1n) is 9.87. The summed E-state index contributed by atoms with van der Waals surface area (Å²) in [4.78, 5) is 12.3. The van der Waals surface area contributed by atoms with Crippen molar-refractivity contribution in [1.29, 1.82) is 0 Å². The zero-order valence-corrected chi connectivity index (χ0v) is 19.1. The third-order valence-corrected chi connectivity index (χ3v) is 5.68. The van der Waals surface area contributed by atoms with Crippen LogP contribution in [0.5, 0.6) is 5.75 Å². The molecule has 0 bridgehead atoms. The van der Waals surface area contributed by atoms with E-state index in [0.29, 0.717) is 29.1 Å². The van der Waals surface area contributed by atoms with Crippen LogP contribution in [0, 0.1) is 6.92 Å². The van der Waals surface area contributed by atoms with Gasteiger partial charge in [-0.1, -0.05) is 53.7 Å². The molecule has 0 radical (unpaired) electrons. The van der Waals surface area contributed by atoms with E-state index in [9.17, 15) is 4.79 Å². The van der Waals surface area contributed by atoms with Gasteiger partial charge in [-0.2, -0.15) is 0 Å². The molecular formula is C23H25ClN4O2S. The average molecular weight is 457 g/mol. The maximum Gasteiger partial charge on any atom is 0.230 e. The zero-order valence-electron chi connectivity index (χ0n) is 17.5. The van der Waals surface area contributed by atoms with Gasteiger partial charge in [0.25, 0.3) is 0 Å². The molecule has 6 nitrogen and oxygen atoms in total. The van der Waals surface area contributed by atoms with E-state index in [0.717, 1.165) is 16.9 Å². The van der Waals surface area contributed by atoms with Crippen LogP contribution in [-0.4, -0.2) is 26.4 Å². The van der Waals surface area contributed by atoms with Crippen molar-refractivity contribution in [2.45, 2.75) is 38.2 Å². The molecule has 0 spiro atoms. The van der Waals surface area contributed by atoms with Crippen molar-refractivity contribution in [1.82, 2.24) is 20.1 Å². The average Bonchev–Trinajstić information content (AvgIpc) is 3.15. The highest BCUT2D eigenvalue weighted by Gasteiger charge is 2.19. The van der Waals surface area contributed by atoms with Crippen molar-refractivity contribution in [3.63, 3.8) is 0 Å². The second-order valence-corrected chi connectivity index (χ2v) is 8.39. The topological polar surface area (TPSA) is 69.0 Å². The Balaban J connectivity index is 1.60. The molecule has 0 aliphatic heterocycles. The molecule has 1 aromatic heterocycles. The summed E-state index contributed by atoms with van der Waals surface area (Å²) < 4.78 is 7.97. The van der Waals surface area contributed by atoms with E-state index in [1.807, 2.05) is 54.8 Å². The molecule has 0 aliphatic carbocycles. The van der Waals surface area contributed by atoms with E-state index in [1.54, 1.807) is 18.2 Å². The molecule has 8 heteroatoms. The number of nitrogens with zero attached hydrogens (tertiary/aromatic N) is 3. The number of carbonyl (C=O) groups excluding carboxylic acids is 1. The highest BCUT2D eigenvalue weighted by molar-refractivity contribution is 7.99. The highest BCUT2D eigenvalue weighted by Crippen LogP contribution is 2.25. The van der Waals surface area contributed by atoms with Crippen molar-refractivity contribution < 1.29 is 9.53 Å². The van der Waals surface area contributed by atoms with E-state index in [4.69, 9.17) is 16.3 Å². The number of halogens is 1. The van der Waals surface area contributed by atoms with Gasteiger partial charge in [-0.3, -0.25) is 9.36 Å². The minimum absolute atomic E-state index is 0.0845. The number of aryl methyl sites for hydroxylation is 1. The molecule has 1 atom stereocenters. The van der Waals surface area contributed by atoms with Gasteiger partial charge in [0.05, 0.1) is 5.75 Å². The number of amides is 1. The van der Waals surface area contributed by atoms with Gasteiger partial charge >= 0.3 is 0 Å². The summed E-state index contributed by atoms with van der Waals surface area (Å²) >= 11 is 7.22. The molecule has 1 unspecified atom stereocenters. The number of hydrogen-bond acceptors (Lipinski definition) is 5. The number of rotatable bonds is 10. The molecule has 2 aromatic carbocycles. The summed E-state index contributed by atoms with van der Waals surface area (Å²) in [5, 5.41) is 12.8. The monoisotopic (exact) mass is 456 g/mol. The van der Waals surface area contributed by atoms with Crippen molar-refractivity contribution in [3.8, 4) is 5.75 Å². The van der Waals surface area contributed by atoms with Gasteiger partial charge in [0, 0.05) is 18.1 Å². The Morgan fingerprint density at radius 3 is 2.77 bits per heavy atom. The van der Waals surface area contributed by atoms with Crippen LogP contribution in [0.25, 0.3) is 0 Å². The van der Waals surface area contributed by atoms with Crippen LogP contribution in [0.4, 0.5) is 0 Å². The lowest BCUT2D eigenvalue weighted by molar-refractivity contribution is -0.118. The second kappa shape index (κ2) is 11.0. The lowest BCUT2D eigenvalue weighted by atomic mass is 10.2. The van der Waals surface area contributed by atoms with Crippen molar-refractivity contribution in [2.75, 3.05) is 5.75 Å². The molecule has 162 valence electrons. The smallest absolute Gasteiger partial charge is 0.230 e. The quantitative estimate of drug-likeness (QED) is 0.344. The third-order valence-electron chi connectivity index (χ3n) is 4.46. The Labute approximate surface area is 191 Å². The van der Waals surface area contributed by atoms with Gasteiger partial charge in [0.15, 0.2) is 17.1 Å². The number of hydrogen-bond donors (Lipinski definition) is 1. The fourth-order valence-corrected chi connectivity index (χ4v) is 3.85. The Hall–Kier alpha value is -2.77. The molecule has 3 aromatic rings. The van der Waals surface area contributed by atoms with E-state index < -0.39 is 0 Å². The Morgan fingerprint density at radius 1 is 1.29 bits per heavy atom. The number of benzene rings is 2. The molecule has 1 N–H and O–H groups in total. The molecule has 0 saturated heterocycles. The maximum absolute atomic E-state index is 12.3. The standard InChI is InChI=1S/C23H25ClN4O2S/c1-4-12-28-22(17(3)30-20-7-5-6-16(2)13-20)26-27-23(28)31-15-21(29)25-14-18-8-10-19(24)11-9-18/h4-11,13,17H,1,12,14-15H2,2-3H3,(H,25,29). The Bertz CT molecular complexity index is 1040. The molecular weight excluding hydrogens is 432 g/mol. The molecule has 1 heterocycles. The van der Waals surface area contributed by atoms with Crippen LogP contribution in [0.15, 0.2) is 66.3 Å². The minimum Gasteiger partial charge on any atom is -0.483 e. The van der Waals surface area contributed by atoms with Gasteiger partial charge < -0.3 is 10.1 Å². The van der Waals surface area contributed by atoms with Crippen molar-refractivity contribution in [3.05, 3.63) is 83.2 Å². The van der Waals surface area contributed by atoms with E-state index >= 15 is 0 Å². The Kier molecular flexibility index (Phi) is 8.14. The largest absolute Gasteiger partial charge is 0.483 e. The number of allylic oxidation sites excluding steroid dienone is 1. The summed E-state index contributed by atoms with van der Waals surface area (Å²) in [5.74, 6) is 1.61. The van der Waals surface area contributed by atoms with Crippen LogP contribution >= 0.6 is 23.4 Å². The summed E-state index contributed by atoms with van der Waals surface area (Å²) in [6.07, 6.45) is 1.47. The lowest BCUT2D eigenvalue weighted by Crippen LogP contribution is -2.24. The van der Waals surface area contributed by atoms with E-state index in [-0.39, 0.29) is 17.8 Å². The van der Waals surface area contributed by atoms with Gasteiger partial charge in [0.2, 0.25) is 5.91 Å². The summed E-state index contributed by atoms with van der Waals surface area (Å²) in [6.45, 7) is 8.74. The summed E-state index contributed by atoms with van der Waals surface area (Å²) in [6, 6.07) is 15.2. The first-order valence-corrected chi connectivity index (χ1v) is 11.2. The number of carbonyl (C=O) groups is 1. The van der Waals surface area contributed by atoms with Gasteiger partial charge in [-0.05, 0) is 49.2 Å². The normalized spacial score (nSPS) is 11.7. The lowest BCUT2D eigenvalue weighted by Gasteiger charge is -2.16. The second-order valence-electron chi connectivity index (χ2n) is 7.01. The molecule has 0 aliphatic rings. The summed E-state index contributed by atoms with van der Waals surface area (Å²) in [7, 11) is 0. The van der Waals surface area contributed by atoms with Crippen LogP contribution < -0.4 is 10.1 Å². The number of nitrogens with one attached hydrogen (secondary N) is 1. The maximum atomic E-state index is 12.3. The predicted molar refractivity (Wildman–Crippen MR) is 124 cm³/mol. The van der Waals surface area contributed by atoms with Crippen LogP contribution in [0.3, 0.4) is 0 Å². The Morgan fingerprint density at radius 2 is 2.06 bits per heavy atom. The van der Waals surface area contributed by atoms with Crippen LogP contribution in [0.2, 0.25) is 5.02 Å². The molecule has 0 fully saturated rings. The van der Waals surface area contributed by atoms with Crippen LogP contribution in [0.1, 0.15) is 30.0 Å². The fraction of sp³-hybridized carbons (Fsp3) is 0.261.